The van der Waals surface area contributed by atoms with Crippen LogP contribution in [-0.2, 0) is 25.5 Å². The zero-order valence-electron chi connectivity index (χ0n) is 15.4. The summed E-state index contributed by atoms with van der Waals surface area (Å²) in [5.41, 5.74) is 0.792. The summed E-state index contributed by atoms with van der Waals surface area (Å²) < 4.78 is 10.5. The minimum atomic E-state index is -0.870. The molecule has 136 valence electrons. The van der Waals surface area contributed by atoms with Crippen LogP contribution in [0.25, 0.3) is 0 Å². The van der Waals surface area contributed by atoms with E-state index in [1.165, 1.54) is 4.90 Å². The van der Waals surface area contributed by atoms with Crippen LogP contribution in [0.4, 0.5) is 5.69 Å². The van der Waals surface area contributed by atoms with Gasteiger partial charge in [-0.2, -0.15) is 0 Å². The SMILES string of the molecule is CCCC(=O)Oc1ccc2c(c1)CC(C)N2C(=O)C(=O)OC(C)(C)C. The van der Waals surface area contributed by atoms with Crippen LogP contribution in [0.15, 0.2) is 18.2 Å². The Balaban J connectivity index is 2.19. The fourth-order valence-corrected chi connectivity index (χ4v) is 2.79. The van der Waals surface area contributed by atoms with E-state index in [4.69, 9.17) is 9.47 Å². The van der Waals surface area contributed by atoms with Crippen molar-refractivity contribution in [3.63, 3.8) is 0 Å². The highest BCUT2D eigenvalue weighted by Crippen LogP contribution is 2.35. The minimum Gasteiger partial charge on any atom is -0.453 e. The van der Waals surface area contributed by atoms with Crippen molar-refractivity contribution in [2.75, 3.05) is 4.90 Å². The van der Waals surface area contributed by atoms with Gasteiger partial charge in [-0.15, -0.1) is 0 Å². The van der Waals surface area contributed by atoms with Crippen LogP contribution >= 0.6 is 0 Å². The lowest BCUT2D eigenvalue weighted by Crippen LogP contribution is -2.43. The molecular formula is C19H25NO5. The quantitative estimate of drug-likeness (QED) is 0.477. The topological polar surface area (TPSA) is 72.9 Å². The molecule has 1 amide bonds. The minimum absolute atomic E-state index is 0.170. The smallest absolute Gasteiger partial charge is 0.397 e. The highest BCUT2D eigenvalue weighted by atomic mass is 16.6. The van der Waals surface area contributed by atoms with Crippen molar-refractivity contribution in [3.8, 4) is 5.75 Å². The molecule has 0 spiro atoms. The number of hydrogen-bond donors (Lipinski definition) is 0. The predicted octanol–water partition coefficient (Wildman–Crippen LogP) is 3.01. The molecular weight excluding hydrogens is 322 g/mol. The Hall–Kier alpha value is -2.37. The van der Waals surface area contributed by atoms with Gasteiger partial charge in [-0.05, 0) is 64.3 Å². The average Bonchev–Trinajstić information content (AvgIpc) is 2.79. The first-order chi connectivity index (χ1) is 11.6. The number of benzene rings is 1. The monoisotopic (exact) mass is 347 g/mol. The Morgan fingerprint density at radius 2 is 1.92 bits per heavy atom. The van der Waals surface area contributed by atoms with Gasteiger partial charge in [-0.3, -0.25) is 14.5 Å². The molecule has 0 N–H and O–H groups in total. The highest BCUT2D eigenvalue weighted by Gasteiger charge is 2.36. The van der Waals surface area contributed by atoms with Gasteiger partial charge in [0.1, 0.15) is 11.4 Å². The third-order valence-corrected chi connectivity index (χ3v) is 3.74. The van der Waals surface area contributed by atoms with Crippen molar-refractivity contribution in [2.24, 2.45) is 0 Å². The average molecular weight is 347 g/mol. The van der Waals surface area contributed by atoms with Gasteiger partial charge in [-0.1, -0.05) is 6.92 Å². The van der Waals surface area contributed by atoms with Crippen molar-refractivity contribution < 1.29 is 23.9 Å². The molecule has 1 heterocycles. The number of nitrogens with zero attached hydrogens (tertiary/aromatic N) is 1. The summed E-state index contributed by atoms with van der Waals surface area (Å²) in [6.45, 7) is 8.93. The summed E-state index contributed by atoms with van der Waals surface area (Å²) in [6, 6.07) is 4.92. The van der Waals surface area contributed by atoms with E-state index in [9.17, 15) is 14.4 Å². The van der Waals surface area contributed by atoms with E-state index < -0.39 is 17.5 Å². The maximum absolute atomic E-state index is 12.5. The largest absolute Gasteiger partial charge is 0.453 e. The molecule has 0 aliphatic carbocycles. The third kappa shape index (κ3) is 4.59. The van der Waals surface area contributed by atoms with Crippen LogP contribution in [0.1, 0.15) is 53.0 Å². The molecule has 1 unspecified atom stereocenters. The third-order valence-electron chi connectivity index (χ3n) is 3.74. The van der Waals surface area contributed by atoms with Gasteiger partial charge in [-0.25, -0.2) is 4.79 Å². The summed E-state index contributed by atoms with van der Waals surface area (Å²) >= 11 is 0. The number of anilines is 1. The van der Waals surface area contributed by atoms with Crippen molar-refractivity contribution in [1.29, 1.82) is 0 Å². The van der Waals surface area contributed by atoms with Crippen LogP contribution in [0.5, 0.6) is 5.75 Å². The zero-order valence-corrected chi connectivity index (χ0v) is 15.4. The van der Waals surface area contributed by atoms with Gasteiger partial charge in [0, 0.05) is 18.2 Å². The van der Waals surface area contributed by atoms with Crippen molar-refractivity contribution in [1.82, 2.24) is 0 Å². The van der Waals surface area contributed by atoms with E-state index in [0.29, 0.717) is 24.3 Å². The highest BCUT2D eigenvalue weighted by molar-refractivity contribution is 6.38. The van der Waals surface area contributed by atoms with E-state index in [-0.39, 0.29) is 12.0 Å². The summed E-state index contributed by atoms with van der Waals surface area (Å²) in [4.78, 5) is 37.7. The van der Waals surface area contributed by atoms with Crippen LogP contribution in [0.3, 0.4) is 0 Å². The van der Waals surface area contributed by atoms with Crippen LogP contribution < -0.4 is 9.64 Å². The molecule has 0 saturated heterocycles. The van der Waals surface area contributed by atoms with E-state index in [2.05, 4.69) is 0 Å². The molecule has 25 heavy (non-hydrogen) atoms. The maximum atomic E-state index is 12.5. The Morgan fingerprint density at radius 3 is 2.52 bits per heavy atom. The van der Waals surface area contributed by atoms with Gasteiger partial charge >= 0.3 is 17.8 Å². The molecule has 1 atom stereocenters. The normalized spacial score (nSPS) is 16.4. The first-order valence-electron chi connectivity index (χ1n) is 8.52. The van der Waals surface area contributed by atoms with E-state index in [1.54, 1.807) is 39.0 Å². The van der Waals surface area contributed by atoms with Crippen molar-refractivity contribution in [3.05, 3.63) is 23.8 Å². The zero-order chi connectivity index (χ0) is 18.8. The second kappa shape index (κ2) is 7.25. The number of hydrogen-bond acceptors (Lipinski definition) is 5. The van der Waals surface area contributed by atoms with E-state index >= 15 is 0 Å². The first kappa shape index (κ1) is 19.0. The number of carbonyl (C=O) groups is 3. The van der Waals surface area contributed by atoms with Crippen molar-refractivity contribution in [2.45, 2.75) is 65.5 Å². The molecule has 0 saturated carbocycles. The van der Waals surface area contributed by atoms with Crippen molar-refractivity contribution >= 4 is 23.5 Å². The lowest BCUT2D eigenvalue weighted by Gasteiger charge is -2.25. The van der Waals surface area contributed by atoms with Crippen LogP contribution in [0.2, 0.25) is 0 Å². The Morgan fingerprint density at radius 1 is 1.24 bits per heavy atom. The van der Waals surface area contributed by atoms with Gasteiger partial charge in [0.15, 0.2) is 0 Å². The predicted molar refractivity (Wildman–Crippen MR) is 93.5 cm³/mol. The summed E-state index contributed by atoms with van der Waals surface area (Å²) in [7, 11) is 0. The molecule has 1 aliphatic heterocycles. The number of fused-ring (bicyclic) bond motifs is 1. The molecule has 0 aromatic heterocycles. The molecule has 1 aliphatic rings. The van der Waals surface area contributed by atoms with E-state index in [1.807, 2.05) is 13.8 Å². The fraction of sp³-hybridized carbons (Fsp3) is 0.526. The van der Waals surface area contributed by atoms with Crippen LogP contribution in [-0.4, -0.2) is 29.5 Å². The van der Waals surface area contributed by atoms with Gasteiger partial charge in [0.25, 0.3) is 0 Å². The first-order valence-corrected chi connectivity index (χ1v) is 8.52. The number of amides is 1. The number of ether oxygens (including phenoxy) is 2. The Labute approximate surface area is 148 Å². The maximum Gasteiger partial charge on any atom is 0.397 e. The number of rotatable bonds is 3. The second-order valence-corrected chi connectivity index (χ2v) is 7.24. The lowest BCUT2D eigenvalue weighted by atomic mass is 10.1. The van der Waals surface area contributed by atoms with E-state index in [0.717, 1.165) is 12.0 Å². The summed E-state index contributed by atoms with van der Waals surface area (Å²) in [5, 5.41) is 0. The van der Waals surface area contributed by atoms with Crippen LogP contribution in [0, 0.1) is 0 Å². The molecule has 6 heteroatoms. The Bertz CT molecular complexity index is 690. The second-order valence-electron chi connectivity index (χ2n) is 7.24. The molecule has 6 nitrogen and oxygen atoms in total. The molecule has 1 aromatic rings. The molecule has 0 radical (unpaired) electrons. The molecule has 0 bridgehead atoms. The molecule has 0 fully saturated rings. The summed E-state index contributed by atoms with van der Waals surface area (Å²) in [6.07, 6.45) is 1.67. The molecule has 1 aromatic carbocycles. The van der Waals surface area contributed by atoms with Gasteiger partial charge in [0.05, 0.1) is 0 Å². The standard InChI is InChI=1S/C19H25NO5/c1-6-7-16(21)24-14-8-9-15-13(11-14)10-12(2)20(15)17(22)18(23)25-19(3,4)5/h8-9,11-12H,6-7,10H2,1-5H3. The number of esters is 2. The van der Waals surface area contributed by atoms with Gasteiger partial charge < -0.3 is 9.47 Å². The number of carbonyl (C=O) groups excluding carboxylic acids is 3. The molecule has 2 rings (SSSR count). The fourth-order valence-electron chi connectivity index (χ4n) is 2.79. The van der Waals surface area contributed by atoms with Gasteiger partial charge in [0.2, 0.25) is 0 Å². The summed E-state index contributed by atoms with van der Waals surface area (Å²) in [5.74, 6) is -1.38. The Kier molecular flexibility index (Phi) is 5.50. The lowest BCUT2D eigenvalue weighted by molar-refractivity contribution is -0.162.